The minimum absolute atomic E-state index is 0.00919. The number of benzene rings is 1. The maximum atomic E-state index is 13.7. The van der Waals surface area contributed by atoms with Crippen LogP contribution < -0.4 is 0 Å². The number of nitrogens with zero attached hydrogens (tertiary/aromatic N) is 2. The number of halogens is 2. The quantitative estimate of drug-likeness (QED) is 0.818. The largest absolute Gasteiger partial charge is 0.396 e. The molecule has 0 aliphatic carbocycles. The molecule has 1 aromatic rings. The molecule has 1 heterocycles. The summed E-state index contributed by atoms with van der Waals surface area (Å²) in [6, 6.07) is 3.88. The first-order valence-corrected chi connectivity index (χ1v) is 8.91. The normalized spacial score (nSPS) is 21.0. The lowest BCUT2D eigenvalue weighted by atomic mass is 9.87. The van der Waals surface area contributed by atoms with E-state index in [1.54, 1.807) is 0 Å². The molecule has 0 aromatic heterocycles. The monoisotopic (exact) mass is 354 g/mol. The van der Waals surface area contributed by atoms with Crippen molar-refractivity contribution in [2.75, 3.05) is 33.8 Å². The summed E-state index contributed by atoms with van der Waals surface area (Å²) in [5, 5.41) is 9.10. The topological polar surface area (TPSA) is 43.8 Å². The Labute approximate surface area is 148 Å². The number of carbonyl (C=O) groups excluding carboxylic acids is 1. The van der Waals surface area contributed by atoms with Crippen LogP contribution in [0.5, 0.6) is 0 Å². The second-order valence-electron chi connectivity index (χ2n) is 7.02. The number of aryl methyl sites for hydroxylation is 1. The van der Waals surface area contributed by atoms with Crippen molar-refractivity contribution in [3.8, 4) is 0 Å². The molecule has 0 spiro atoms. The number of rotatable bonds is 7. The van der Waals surface area contributed by atoms with Gasteiger partial charge < -0.3 is 14.9 Å². The highest BCUT2D eigenvalue weighted by Gasteiger charge is 2.32. The maximum absolute atomic E-state index is 13.7. The second kappa shape index (κ2) is 9.25. The van der Waals surface area contributed by atoms with Crippen molar-refractivity contribution in [1.29, 1.82) is 0 Å². The van der Waals surface area contributed by atoms with Crippen molar-refractivity contribution in [1.82, 2.24) is 9.80 Å². The third-order valence-electron chi connectivity index (χ3n) is 5.07. The van der Waals surface area contributed by atoms with Crippen LogP contribution in [0.15, 0.2) is 18.2 Å². The van der Waals surface area contributed by atoms with E-state index in [4.69, 9.17) is 5.11 Å². The molecule has 1 aliphatic heterocycles. The number of aliphatic hydroxyl groups is 1. The standard InChI is InChI=1S/C19H28F2N2O2/c1-22(2)18-9-10-23(13-15(18)4-3-11-24)19(25)8-6-14-5-7-16(20)12-17(14)21/h5,7,12,15,18,24H,3-4,6,8-11,13H2,1-2H3/t15-,18+/m0/s1. The Bertz CT molecular complexity index is 581. The zero-order valence-corrected chi connectivity index (χ0v) is 15.0. The lowest BCUT2D eigenvalue weighted by molar-refractivity contribution is -0.134. The van der Waals surface area contributed by atoms with Gasteiger partial charge in [0.15, 0.2) is 0 Å². The summed E-state index contributed by atoms with van der Waals surface area (Å²) in [5.41, 5.74) is 0.370. The molecule has 1 aromatic carbocycles. The third-order valence-corrected chi connectivity index (χ3v) is 5.07. The number of hydrogen-bond donors (Lipinski definition) is 1. The Hall–Kier alpha value is -1.53. The molecule has 2 atom stereocenters. The van der Waals surface area contributed by atoms with Crippen LogP contribution in [0.2, 0.25) is 0 Å². The fraction of sp³-hybridized carbons (Fsp3) is 0.632. The average Bonchev–Trinajstić information content (AvgIpc) is 2.58. The highest BCUT2D eigenvalue weighted by molar-refractivity contribution is 5.76. The molecule has 0 bridgehead atoms. The summed E-state index contributed by atoms with van der Waals surface area (Å²) in [4.78, 5) is 16.6. The Balaban J connectivity index is 1.92. The molecular formula is C19H28F2N2O2. The van der Waals surface area contributed by atoms with E-state index in [0.717, 1.165) is 25.3 Å². The van der Waals surface area contributed by atoms with Crippen LogP contribution in [0.4, 0.5) is 8.78 Å². The van der Waals surface area contributed by atoms with Crippen molar-refractivity contribution in [3.63, 3.8) is 0 Å². The molecule has 1 fully saturated rings. The number of piperidine rings is 1. The van der Waals surface area contributed by atoms with Gasteiger partial charge in [0.2, 0.25) is 5.91 Å². The van der Waals surface area contributed by atoms with Gasteiger partial charge in [-0.3, -0.25) is 4.79 Å². The van der Waals surface area contributed by atoms with Gasteiger partial charge in [0.1, 0.15) is 11.6 Å². The number of amides is 1. The second-order valence-corrected chi connectivity index (χ2v) is 7.02. The minimum Gasteiger partial charge on any atom is -0.396 e. The van der Waals surface area contributed by atoms with E-state index in [9.17, 15) is 13.6 Å². The van der Waals surface area contributed by atoms with Gasteiger partial charge in [0.05, 0.1) is 0 Å². The van der Waals surface area contributed by atoms with Crippen LogP contribution in [0.3, 0.4) is 0 Å². The Morgan fingerprint density at radius 3 is 2.76 bits per heavy atom. The van der Waals surface area contributed by atoms with Crippen LogP contribution in [-0.2, 0) is 11.2 Å². The van der Waals surface area contributed by atoms with Gasteiger partial charge in [-0.05, 0) is 57.3 Å². The minimum atomic E-state index is -0.606. The SMILES string of the molecule is CN(C)[C@@H]1CCN(C(=O)CCc2ccc(F)cc2F)C[C@@H]1CCCO. The fourth-order valence-corrected chi connectivity index (χ4v) is 3.69. The molecule has 0 radical (unpaired) electrons. The van der Waals surface area contributed by atoms with Crippen LogP contribution in [0.1, 0.15) is 31.2 Å². The van der Waals surface area contributed by atoms with Crippen molar-refractivity contribution in [2.24, 2.45) is 5.92 Å². The molecule has 2 rings (SSSR count). The number of aliphatic hydroxyl groups excluding tert-OH is 1. The average molecular weight is 354 g/mol. The van der Waals surface area contributed by atoms with Gasteiger partial charge >= 0.3 is 0 Å². The number of hydrogen-bond acceptors (Lipinski definition) is 3. The molecule has 0 saturated carbocycles. The predicted octanol–water partition coefficient (Wildman–Crippen LogP) is 2.45. The summed E-state index contributed by atoms with van der Waals surface area (Å²) in [7, 11) is 4.09. The molecule has 4 nitrogen and oxygen atoms in total. The molecule has 1 saturated heterocycles. The van der Waals surface area contributed by atoms with Crippen LogP contribution in [0.25, 0.3) is 0 Å². The molecule has 1 N–H and O–H groups in total. The summed E-state index contributed by atoms with van der Waals surface area (Å²) < 4.78 is 26.6. The van der Waals surface area contributed by atoms with Crippen molar-refractivity contribution < 1.29 is 18.7 Å². The van der Waals surface area contributed by atoms with Crippen LogP contribution >= 0.6 is 0 Å². The molecule has 140 valence electrons. The first-order valence-electron chi connectivity index (χ1n) is 8.91. The van der Waals surface area contributed by atoms with Gasteiger partial charge in [0.25, 0.3) is 0 Å². The van der Waals surface area contributed by atoms with Crippen LogP contribution in [-0.4, -0.2) is 60.6 Å². The van der Waals surface area contributed by atoms with Crippen molar-refractivity contribution in [2.45, 2.75) is 38.1 Å². The first-order chi connectivity index (χ1) is 11.9. The smallest absolute Gasteiger partial charge is 0.222 e. The molecule has 6 heteroatoms. The number of likely N-dealkylation sites (tertiary alicyclic amines) is 1. The molecular weight excluding hydrogens is 326 g/mol. The predicted molar refractivity (Wildman–Crippen MR) is 93.2 cm³/mol. The summed E-state index contributed by atoms with van der Waals surface area (Å²) >= 11 is 0. The van der Waals surface area contributed by atoms with E-state index >= 15 is 0 Å². The van der Waals surface area contributed by atoms with Gasteiger partial charge in [-0.2, -0.15) is 0 Å². The Morgan fingerprint density at radius 1 is 1.36 bits per heavy atom. The van der Waals surface area contributed by atoms with Gasteiger partial charge in [0, 0.05) is 38.2 Å². The van der Waals surface area contributed by atoms with E-state index in [-0.39, 0.29) is 25.4 Å². The highest BCUT2D eigenvalue weighted by atomic mass is 19.1. The van der Waals surface area contributed by atoms with Gasteiger partial charge in [-0.25, -0.2) is 8.78 Å². The van der Waals surface area contributed by atoms with Crippen molar-refractivity contribution in [3.05, 3.63) is 35.4 Å². The fourth-order valence-electron chi connectivity index (χ4n) is 3.69. The van der Waals surface area contributed by atoms with Crippen molar-refractivity contribution >= 4 is 5.91 Å². The van der Waals surface area contributed by atoms with Gasteiger partial charge in [-0.15, -0.1) is 0 Å². The van der Waals surface area contributed by atoms with E-state index in [0.29, 0.717) is 30.6 Å². The summed E-state index contributed by atoms with van der Waals surface area (Å²) in [6.45, 7) is 1.53. The van der Waals surface area contributed by atoms with E-state index in [2.05, 4.69) is 4.90 Å². The zero-order valence-electron chi connectivity index (χ0n) is 15.0. The summed E-state index contributed by atoms with van der Waals surface area (Å²) in [6.07, 6.45) is 3.02. The Kier molecular flexibility index (Phi) is 7.32. The molecule has 25 heavy (non-hydrogen) atoms. The molecule has 1 aliphatic rings. The maximum Gasteiger partial charge on any atom is 0.222 e. The highest BCUT2D eigenvalue weighted by Crippen LogP contribution is 2.25. The van der Waals surface area contributed by atoms with Gasteiger partial charge in [-0.1, -0.05) is 6.07 Å². The van der Waals surface area contributed by atoms with E-state index in [1.165, 1.54) is 12.1 Å². The first kappa shape index (κ1) is 19.8. The molecule has 1 amide bonds. The zero-order chi connectivity index (χ0) is 18.4. The third kappa shape index (κ3) is 5.47. The summed E-state index contributed by atoms with van der Waals surface area (Å²) in [5.74, 6) is -0.859. The lowest BCUT2D eigenvalue weighted by Gasteiger charge is -2.41. The molecule has 0 unspecified atom stereocenters. The lowest BCUT2D eigenvalue weighted by Crippen LogP contribution is -2.50. The van der Waals surface area contributed by atoms with E-state index in [1.807, 2.05) is 19.0 Å². The van der Waals surface area contributed by atoms with Crippen LogP contribution in [0, 0.1) is 17.6 Å². The number of carbonyl (C=O) groups is 1. The Morgan fingerprint density at radius 2 is 2.12 bits per heavy atom. The van der Waals surface area contributed by atoms with E-state index < -0.39 is 11.6 Å².